The van der Waals surface area contributed by atoms with Crippen LogP contribution in [0.3, 0.4) is 0 Å². The number of ether oxygens (including phenoxy) is 1. The number of halogens is 1. The van der Waals surface area contributed by atoms with Gasteiger partial charge in [0.2, 0.25) is 0 Å². The second-order valence-corrected chi connectivity index (χ2v) is 7.13. The summed E-state index contributed by atoms with van der Waals surface area (Å²) >= 11 is 5.94. The summed E-state index contributed by atoms with van der Waals surface area (Å²) in [7, 11) is 0. The molecule has 0 amide bonds. The van der Waals surface area contributed by atoms with Crippen molar-refractivity contribution in [3.63, 3.8) is 0 Å². The first-order valence-electron chi connectivity index (χ1n) is 9.03. The maximum absolute atomic E-state index is 5.94. The van der Waals surface area contributed by atoms with Gasteiger partial charge in [-0.2, -0.15) is 0 Å². The predicted octanol–water partition coefficient (Wildman–Crippen LogP) is 6.05. The average molecular weight is 377 g/mol. The van der Waals surface area contributed by atoms with Gasteiger partial charge in [0.25, 0.3) is 0 Å². The molecule has 0 fully saturated rings. The molecule has 1 aromatic heterocycles. The number of benzene rings is 3. The van der Waals surface area contributed by atoms with E-state index in [2.05, 4.69) is 48.7 Å². The fourth-order valence-electron chi connectivity index (χ4n) is 3.36. The molecule has 1 heterocycles. The Morgan fingerprint density at radius 3 is 2.52 bits per heavy atom. The van der Waals surface area contributed by atoms with Gasteiger partial charge in [-0.15, -0.1) is 0 Å². The second kappa shape index (κ2) is 7.45. The van der Waals surface area contributed by atoms with Crippen molar-refractivity contribution in [2.75, 3.05) is 6.61 Å². The van der Waals surface area contributed by atoms with Gasteiger partial charge in [-0.1, -0.05) is 47.5 Å². The van der Waals surface area contributed by atoms with E-state index in [0.717, 1.165) is 28.2 Å². The summed E-state index contributed by atoms with van der Waals surface area (Å²) in [5.41, 5.74) is 5.75. The van der Waals surface area contributed by atoms with E-state index in [1.54, 1.807) is 0 Å². The van der Waals surface area contributed by atoms with E-state index in [1.807, 2.05) is 36.4 Å². The Kier molecular flexibility index (Phi) is 4.87. The van der Waals surface area contributed by atoms with Gasteiger partial charge in [0, 0.05) is 10.6 Å². The van der Waals surface area contributed by atoms with Crippen molar-refractivity contribution in [3.05, 3.63) is 82.9 Å². The maximum atomic E-state index is 5.94. The van der Waals surface area contributed by atoms with E-state index in [0.29, 0.717) is 18.2 Å². The summed E-state index contributed by atoms with van der Waals surface area (Å²) in [5, 5.41) is 0.708. The minimum atomic E-state index is 0.555. The van der Waals surface area contributed by atoms with E-state index in [-0.39, 0.29) is 0 Å². The van der Waals surface area contributed by atoms with Crippen molar-refractivity contribution in [2.45, 2.75) is 20.4 Å². The third-order valence-electron chi connectivity index (χ3n) is 4.67. The van der Waals surface area contributed by atoms with Crippen LogP contribution in [0.1, 0.15) is 11.1 Å². The van der Waals surface area contributed by atoms with Crippen LogP contribution in [0.25, 0.3) is 22.4 Å². The second-order valence-electron chi connectivity index (χ2n) is 6.70. The number of imidazole rings is 1. The molecule has 0 aliphatic carbocycles. The summed E-state index contributed by atoms with van der Waals surface area (Å²) in [6.45, 7) is 5.52. The van der Waals surface area contributed by atoms with Crippen LogP contribution in [-0.2, 0) is 6.54 Å². The van der Waals surface area contributed by atoms with Crippen LogP contribution < -0.4 is 4.74 Å². The standard InChI is InChI=1S/C23H21ClN2O/c1-16-7-12-20(17(2)15-16)23-25-21-5-3-4-6-22(21)26(23)13-14-27-19-10-8-18(24)9-11-19/h3-12,15H,13-14H2,1-2H3. The quantitative estimate of drug-likeness (QED) is 0.423. The molecule has 27 heavy (non-hydrogen) atoms. The van der Waals surface area contributed by atoms with Gasteiger partial charge in [0.05, 0.1) is 17.6 Å². The van der Waals surface area contributed by atoms with E-state index in [1.165, 1.54) is 11.1 Å². The molecule has 3 nitrogen and oxygen atoms in total. The highest BCUT2D eigenvalue weighted by atomic mass is 35.5. The molecule has 136 valence electrons. The largest absolute Gasteiger partial charge is 0.492 e. The van der Waals surface area contributed by atoms with E-state index in [9.17, 15) is 0 Å². The third-order valence-corrected chi connectivity index (χ3v) is 4.93. The van der Waals surface area contributed by atoms with Crippen LogP contribution in [0.5, 0.6) is 5.75 Å². The maximum Gasteiger partial charge on any atom is 0.141 e. The van der Waals surface area contributed by atoms with E-state index >= 15 is 0 Å². The van der Waals surface area contributed by atoms with Gasteiger partial charge in [0.15, 0.2) is 0 Å². The number of hydrogen-bond donors (Lipinski definition) is 0. The molecule has 0 unspecified atom stereocenters. The Bertz CT molecular complexity index is 1080. The molecule has 0 saturated carbocycles. The van der Waals surface area contributed by atoms with Crippen molar-refractivity contribution < 1.29 is 4.74 Å². The Hall–Kier alpha value is -2.78. The molecule has 0 spiro atoms. The van der Waals surface area contributed by atoms with Crippen molar-refractivity contribution in [3.8, 4) is 17.1 Å². The zero-order chi connectivity index (χ0) is 18.8. The molecule has 3 aromatic carbocycles. The Balaban J connectivity index is 1.67. The molecule has 0 aliphatic rings. The lowest BCUT2D eigenvalue weighted by molar-refractivity contribution is 0.301. The first kappa shape index (κ1) is 17.6. The van der Waals surface area contributed by atoms with E-state index < -0.39 is 0 Å². The Labute approximate surface area is 164 Å². The molecular weight excluding hydrogens is 356 g/mol. The van der Waals surface area contributed by atoms with Crippen LogP contribution in [0, 0.1) is 13.8 Å². The minimum absolute atomic E-state index is 0.555. The Morgan fingerprint density at radius 1 is 0.963 bits per heavy atom. The Morgan fingerprint density at radius 2 is 1.74 bits per heavy atom. The molecule has 0 atom stereocenters. The number of para-hydroxylation sites is 2. The zero-order valence-electron chi connectivity index (χ0n) is 15.4. The average Bonchev–Trinajstić information content (AvgIpc) is 3.02. The van der Waals surface area contributed by atoms with Crippen molar-refractivity contribution in [1.82, 2.24) is 9.55 Å². The molecule has 0 saturated heterocycles. The molecule has 4 rings (SSSR count). The summed E-state index contributed by atoms with van der Waals surface area (Å²) in [4.78, 5) is 4.90. The summed E-state index contributed by atoms with van der Waals surface area (Å²) < 4.78 is 8.16. The zero-order valence-corrected chi connectivity index (χ0v) is 16.2. The lowest BCUT2D eigenvalue weighted by Gasteiger charge is -2.13. The van der Waals surface area contributed by atoms with Crippen molar-refractivity contribution in [1.29, 1.82) is 0 Å². The molecule has 0 N–H and O–H groups in total. The van der Waals surface area contributed by atoms with Crippen LogP contribution in [-0.4, -0.2) is 16.2 Å². The summed E-state index contributed by atoms with van der Waals surface area (Å²) in [5.74, 6) is 1.80. The highest BCUT2D eigenvalue weighted by molar-refractivity contribution is 6.30. The van der Waals surface area contributed by atoms with Gasteiger partial charge < -0.3 is 9.30 Å². The van der Waals surface area contributed by atoms with Crippen LogP contribution in [0.15, 0.2) is 66.7 Å². The number of aryl methyl sites for hydroxylation is 2. The molecular formula is C23H21ClN2O. The van der Waals surface area contributed by atoms with Gasteiger partial charge in [-0.25, -0.2) is 4.98 Å². The third kappa shape index (κ3) is 3.69. The fraction of sp³-hybridized carbons (Fsp3) is 0.174. The fourth-order valence-corrected chi connectivity index (χ4v) is 3.48. The highest BCUT2D eigenvalue weighted by Gasteiger charge is 2.14. The monoisotopic (exact) mass is 376 g/mol. The molecule has 0 aliphatic heterocycles. The van der Waals surface area contributed by atoms with Gasteiger partial charge in [-0.3, -0.25) is 0 Å². The number of hydrogen-bond acceptors (Lipinski definition) is 2. The van der Waals surface area contributed by atoms with Gasteiger partial charge in [-0.05, 0) is 55.8 Å². The van der Waals surface area contributed by atoms with E-state index in [4.69, 9.17) is 21.3 Å². The molecule has 4 aromatic rings. The van der Waals surface area contributed by atoms with Crippen LogP contribution in [0.2, 0.25) is 5.02 Å². The smallest absolute Gasteiger partial charge is 0.141 e. The van der Waals surface area contributed by atoms with Crippen molar-refractivity contribution in [2.24, 2.45) is 0 Å². The predicted molar refractivity (Wildman–Crippen MR) is 112 cm³/mol. The van der Waals surface area contributed by atoms with Crippen LogP contribution in [0.4, 0.5) is 0 Å². The molecule has 4 heteroatoms. The molecule has 0 bridgehead atoms. The SMILES string of the molecule is Cc1ccc(-c2nc3ccccc3n2CCOc2ccc(Cl)cc2)c(C)c1. The lowest BCUT2D eigenvalue weighted by atomic mass is 10.1. The first-order valence-corrected chi connectivity index (χ1v) is 9.41. The van der Waals surface area contributed by atoms with Crippen molar-refractivity contribution >= 4 is 22.6 Å². The normalized spacial score (nSPS) is 11.1. The molecule has 0 radical (unpaired) electrons. The number of fused-ring (bicyclic) bond motifs is 1. The lowest BCUT2D eigenvalue weighted by Crippen LogP contribution is -2.10. The van der Waals surface area contributed by atoms with Gasteiger partial charge >= 0.3 is 0 Å². The topological polar surface area (TPSA) is 27.1 Å². The number of aromatic nitrogens is 2. The number of nitrogens with zero attached hydrogens (tertiary/aromatic N) is 2. The highest BCUT2D eigenvalue weighted by Crippen LogP contribution is 2.28. The summed E-state index contributed by atoms with van der Waals surface area (Å²) in [6.07, 6.45) is 0. The number of rotatable bonds is 5. The summed E-state index contributed by atoms with van der Waals surface area (Å²) in [6, 6.07) is 22.2. The van der Waals surface area contributed by atoms with Gasteiger partial charge in [0.1, 0.15) is 18.2 Å². The van der Waals surface area contributed by atoms with Crippen LogP contribution >= 0.6 is 11.6 Å². The minimum Gasteiger partial charge on any atom is -0.492 e. The first-order chi connectivity index (χ1) is 13.1.